The number of amides is 2. The zero-order valence-electron chi connectivity index (χ0n) is 17.0. The Bertz CT molecular complexity index is 992. The quantitative estimate of drug-likeness (QED) is 0.737. The van der Waals surface area contributed by atoms with Crippen LogP contribution in [0.4, 0.5) is 0 Å². The predicted molar refractivity (Wildman–Crippen MR) is 118 cm³/mol. The molecule has 0 spiro atoms. The Morgan fingerprint density at radius 3 is 2.57 bits per heavy atom. The Morgan fingerprint density at radius 1 is 1.10 bits per heavy atom. The number of benzene rings is 1. The van der Waals surface area contributed by atoms with Gasteiger partial charge in [0, 0.05) is 29.5 Å². The van der Waals surface area contributed by atoms with Crippen LogP contribution in [0.25, 0.3) is 10.9 Å². The number of nitrogens with zero attached hydrogens (tertiary/aromatic N) is 3. The van der Waals surface area contributed by atoms with Gasteiger partial charge >= 0.3 is 0 Å². The van der Waals surface area contributed by atoms with Gasteiger partial charge < -0.3 is 10.2 Å². The second-order valence-electron chi connectivity index (χ2n) is 8.34. The fraction of sp³-hybridized carbons (Fsp3) is 0.545. The minimum Gasteiger partial charge on any atom is -0.353 e. The van der Waals surface area contributed by atoms with Crippen LogP contribution in [-0.4, -0.2) is 45.4 Å². The number of rotatable bonds is 4. The second-order valence-corrected chi connectivity index (χ2v) is 9.25. The van der Waals surface area contributed by atoms with Crippen LogP contribution >= 0.6 is 15.9 Å². The van der Waals surface area contributed by atoms with E-state index in [-0.39, 0.29) is 35.9 Å². The molecular formula is C22H27BrN4O3. The SMILES string of the molecule is O=C(NC1CCN(C(=O)Cn2cnc3ccc(Br)cc3c2=O)CC1)C1CCCCC1. The van der Waals surface area contributed by atoms with Gasteiger partial charge in [-0.25, -0.2) is 4.98 Å². The summed E-state index contributed by atoms with van der Waals surface area (Å²) in [6, 6.07) is 5.47. The van der Waals surface area contributed by atoms with Crippen LogP contribution < -0.4 is 10.9 Å². The Kier molecular flexibility index (Phi) is 6.51. The van der Waals surface area contributed by atoms with Gasteiger partial charge in [-0.3, -0.25) is 19.0 Å². The van der Waals surface area contributed by atoms with Crippen molar-refractivity contribution in [3.63, 3.8) is 0 Å². The van der Waals surface area contributed by atoms with E-state index < -0.39 is 0 Å². The van der Waals surface area contributed by atoms with E-state index in [2.05, 4.69) is 26.2 Å². The van der Waals surface area contributed by atoms with Crippen molar-refractivity contribution in [2.75, 3.05) is 13.1 Å². The number of carbonyl (C=O) groups is 2. The standard InChI is InChI=1S/C22H27BrN4O3/c23-16-6-7-19-18(12-16)22(30)27(14-24-19)13-20(28)26-10-8-17(9-11-26)25-21(29)15-4-2-1-3-5-15/h6-7,12,14-15,17H,1-5,8-11,13H2,(H,25,29). The third-order valence-electron chi connectivity index (χ3n) is 6.26. The first-order chi connectivity index (χ1) is 14.5. The fourth-order valence-corrected chi connectivity index (χ4v) is 4.81. The summed E-state index contributed by atoms with van der Waals surface area (Å²) < 4.78 is 2.17. The average molecular weight is 475 g/mol. The molecule has 2 amide bonds. The zero-order chi connectivity index (χ0) is 21.1. The van der Waals surface area contributed by atoms with E-state index in [9.17, 15) is 14.4 Å². The van der Waals surface area contributed by atoms with E-state index in [1.807, 2.05) is 6.07 Å². The summed E-state index contributed by atoms with van der Waals surface area (Å²) in [5.41, 5.74) is 0.394. The second kappa shape index (κ2) is 9.29. The van der Waals surface area contributed by atoms with Gasteiger partial charge in [-0.15, -0.1) is 0 Å². The monoisotopic (exact) mass is 474 g/mol. The number of halogens is 1. The molecule has 2 aromatic rings. The number of fused-ring (bicyclic) bond motifs is 1. The van der Waals surface area contributed by atoms with Gasteiger partial charge in [0.1, 0.15) is 6.54 Å². The van der Waals surface area contributed by atoms with E-state index in [0.29, 0.717) is 24.0 Å². The van der Waals surface area contributed by atoms with E-state index >= 15 is 0 Å². The molecule has 1 saturated carbocycles. The summed E-state index contributed by atoms with van der Waals surface area (Å²) in [4.78, 5) is 44.0. The third-order valence-corrected chi connectivity index (χ3v) is 6.75. The summed E-state index contributed by atoms with van der Waals surface area (Å²) in [5, 5.41) is 3.68. The first kappa shape index (κ1) is 21.0. The fourth-order valence-electron chi connectivity index (χ4n) is 4.45. The highest BCUT2D eigenvalue weighted by molar-refractivity contribution is 9.10. The first-order valence-corrected chi connectivity index (χ1v) is 11.5. The number of carbonyl (C=O) groups excluding carboxylic acids is 2. The molecule has 30 heavy (non-hydrogen) atoms. The third kappa shape index (κ3) is 4.74. The van der Waals surface area contributed by atoms with Crippen molar-refractivity contribution in [2.45, 2.75) is 57.5 Å². The molecule has 1 N–H and O–H groups in total. The molecule has 2 heterocycles. The molecule has 1 aromatic heterocycles. The van der Waals surface area contributed by atoms with Crippen molar-refractivity contribution < 1.29 is 9.59 Å². The number of nitrogens with one attached hydrogen (secondary N) is 1. The molecule has 0 atom stereocenters. The summed E-state index contributed by atoms with van der Waals surface area (Å²) in [5.74, 6) is 0.246. The van der Waals surface area contributed by atoms with Gasteiger partial charge in [-0.1, -0.05) is 35.2 Å². The Morgan fingerprint density at radius 2 is 1.83 bits per heavy atom. The van der Waals surface area contributed by atoms with Crippen LogP contribution in [0, 0.1) is 5.92 Å². The van der Waals surface area contributed by atoms with Gasteiger partial charge in [0.2, 0.25) is 11.8 Å². The highest BCUT2D eigenvalue weighted by atomic mass is 79.9. The van der Waals surface area contributed by atoms with Gasteiger partial charge in [0.15, 0.2) is 0 Å². The molecule has 4 rings (SSSR count). The molecule has 1 aliphatic heterocycles. The van der Waals surface area contributed by atoms with Crippen molar-refractivity contribution in [3.8, 4) is 0 Å². The van der Waals surface area contributed by atoms with Gasteiger partial charge in [-0.2, -0.15) is 0 Å². The summed E-state index contributed by atoms with van der Waals surface area (Å²) in [6.07, 6.45) is 8.45. The van der Waals surface area contributed by atoms with Crippen molar-refractivity contribution in [1.29, 1.82) is 0 Å². The van der Waals surface area contributed by atoms with Crippen LogP contribution in [0.1, 0.15) is 44.9 Å². The number of likely N-dealkylation sites (tertiary alicyclic amines) is 1. The Hall–Kier alpha value is -2.22. The topological polar surface area (TPSA) is 84.3 Å². The lowest BCUT2D eigenvalue weighted by atomic mass is 9.88. The van der Waals surface area contributed by atoms with E-state index in [0.717, 1.165) is 43.0 Å². The van der Waals surface area contributed by atoms with Gasteiger partial charge in [0.05, 0.1) is 17.2 Å². The molecule has 2 aliphatic rings. The van der Waals surface area contributed by atoms with Gasteiger partial charge in [-0.05, 0) is 43.9 Å². The Balaban J connectivity index is 1.32. The molecule has 1 aliphatic carbocycles. The van der Waals surface area contributed by atoms with Crippen LogP contribution in [0.2, 0.25) is 0 Å². The molecular weight excluding hydrogens is 448 g/mol. The maximum absolute atomic E-state index is 12.7. The minimum atomic E-state index is -0.218. The molecule has 160 valence electrons. The number of piperidine rings is 1. The lowest BCUT2D eigenvalue weighted by Crippen LogP contribution is -2.49. The molecule has 0 unspecified atom stereocenters. The maximum Gasteiger partial charge on any atom is 0.261 e. The lowest BCUT2D eigenvalue weighted by molar-refractivity contribution is -0.133. The summed E-state index contributed by atoms with van der Waals surface area (Å²) in [7, 11) is 0. The molecule has 2 fully saturated rings. The van der Waals surface area contributed by atoms with Crippen LogP contribution in [0.5, 0.6) is 0 Å². The van der Waals surface area contributed by atoms with Crippen LogP contribution in [-0.2, 0) is 16.1 Å². The molecule has 1 saturated heterocycles. The first-order valence-electron chi connectivity index (χ1n) is 10.7. The van der Waals surface area contributed by atoms with Gasteiger partial charge in [0.25, 0.3) is 5.56 Å². The summed E-state index contributed by atoms with van der Waals surface area (Å²) >= 11 is 3.37. The number of aromatic nitrogens is 2. The van der Waals surface area contributed by atoms with Crippen molar-refractivity contribution in [3.05, 3.63) is 39.4 Å². The van der Waals surface area contributed by atoms with E-state index in [1.54, 1.807) is 17.0 Å². The minimum absolute atomic E-state index is 0.0204. The van der Waals surface area contributed by atoms with E-state index in [4.69, 9.17) is 0 Å². The van der Waals surface area contributed by atoms with Crippen LogP contribution in [0.15, 0.2) is 33.8 Å². The number of hydrogen-bond donors (Lipinski definition) is 1. The average Bonchev–Trinajstić information content (AvgIpc) is 2.77. The predicted octanol–water partition coefficient (Wildman–Crippen LogP) is 2.85. The Labute approximate surface area is 184 Å². The summed E-state index contributed by atoms with van der Waals surface area (Å²) in [6.45, 7) is 1.17. The zero-order valence-corrected chi connectivity index (χ0v) is 18.6. The molecule has 0 radical (unpaired) electrons. The van der Waals surface area contributed by atoms with Crippen LogP contribution in [0.3, 0.4) is 0 Å². The smallest absolute Gasteiger partial charge is 0.261 e. The largest absolute Gasteiger partial charge is 0.353 e. The normalized spacial score (nSPS) is 18.5. The van der Waals surface area contributed by atoms with Crippen molar-refractivity contribution in [1.82, 2.24) is 19.8 Å². The molecule has 1 aromatic carbocycles. The maximum atomic E-state index is 12.7. The molecule has 8 heteroatoms. The van der Waals surface area contributed by atoms with Crippen molar-refractivity contribution in [2.24, 2.45) is 5.92 Å². The van der Waals surface area contributed by atoms with E-state index in [1.165, 1.54) is 17.3 Å². The lowest BCUT2D eigenvalue weighted by Gasteiger charge is -2.33. The molecule has 0 bridgehead atoms. The molecule has 7 nitrogen and oxygen atoms in total. The highest BCUT2D eigenvalue weighted by Crippen LogP contribution is 2.24. The highest BCUT2D eigenvalue weighted by Gasteiger charge is 2.27. The number of hydrogen-bond acceptors (Lipinski definition) is 4. The van der Waals surface area contributed by atoms with Crippen molar-refractivity contribution >= 4 is 38.6 Å².